The van der Waals surface area contributed by atoms with Gasteiger partial charge >= 0.3 is 0 Å². The van der Waals surface area contributed by atoms with Gasteiger partial charge in [-0.3, -0.25) is 0 Å². The topological polar surface area (TPSA) is 47.0 Å². The predicted octanol–water partition coefficient (Wildman–Crippen LogP) is 3.52. The van der Waals surface area contributed by atoms with Crippen molar-refractivity contribution in [2.75, 3.05) is 25.1 Å². The molecule has 1 aromatic heterocycles. The Morgan fingerprint density at radius 2 is 2.05 bits per heavy atom. The third kappa shape index (κ3) is 4.35. The van der Waals surface area contributed by atoms with Crippen molar-refractivity contribution in [3.8, 4) is 0 Å². The van der Waals surface area contributed by atoms with E-state index in [0.29, 0.717) is 5.25 Å². The Labute approximate surface area is 126 Å². The largest absolute Gasteiger partial charge is 0.381 e. The van der Waals surface area contributed by atoms with Crippen LogP contribution < -0.4 is 5.32 Å². The lowest BCUT2D eigenvalue weighted by Crippen LogP contribution is -2.18. The highest BCUT2D eigenvalue weighted by atomic mass is 32.2. The van der Waals surface area contributed by atoms with Crippen LogP contribution >= 0.6 is 11.8 Å². The van der Waals surface area contributed by atoms with E-state index in [1.807, 2.05) is 11.8 Å². The Morgan fingerprint density at radius 3 is 2.75 bits per heavy atom. The second-order valence-corrected chi connectivity index (χ2v) is 6.40. The number of hydrogen-bond donors (Lipinski definition) is 1. The van der Waals surface area contributed by atoms with Gasteiger partial charge in [0.2, 0.25) is 0 Å². The van der Waals surface area contributed by atoms with Gasteiger partial charge in [0.1, 0.15) is 17.2 Å². The predicted molar refractivity (Wildman–Crippen MR) is 84.5 cm³/mol. The van der Waals surface area contributed by atoms with Crippen molar-refractivity contribution in [2.24, 2.45) is 0 Å². The van der Waals surface area contributed by atoms with Gasteiger partial charge in [0.05, 0.1) is 0 Å². The Bertz CT molecular complexity index is 408. The summed E-state index contributed by atoms with van der Waals surface area (Å²) in [6.07, 6.45) is 7.21. The van der Waals surface area contributed by atoms with E-state index in [9.17, 15) is 0 Å². The van der Waals surface area contributed by atoms with Gasteiger partial charge < -0.3 is 10.1 Å². The van der Waals surface area contributed by atoms with Crippen LogP contribution in [-0.4, -0.2) is 35.0 Å². The number of ether oxygens (including phenoxy) is 1. The number of nitrogens with zero attached hydrogens (tertiary/aromatic N) is 2. The molecule has 0 aromatic carbocycles. The van der Waals surface area contributed by atoms with E-state index >= 15 is 0 Å². The van der Waals surface area contributed by atoms with E-state index in [1.54, 1.807) is 6.33 Å². The second-order valence-electron chi connectivity index (χ2n) is 5.11. The first-order valence-electron chi connectivity index (χ1n) is 7.67. The maximum Gasteiger partial charge on any atom is 0.133 e. The molecule has 1 N–H and O–H groups in total. The van der Waals surface area contributed by atoms with E-state index in [2.05, 4.69) is 29.1 Å². The number of anilines is 1. The zero-order valence-electron chi connectivity index (χ0n) is 12.5. The summed E-state index contributed by atoms with van der Waals surface area (Å²) in [7, 11) is 0. The summed E-state index contributed by atoms with van der Waals surface area (Å²) in [5.41, 5.74) is 1.29. The van der Waals surface area contributed by atoms with Crippen molar-refractivity contribution in [1.82, 2.24) is 9.97 Å². The number of thioether (sulfide) groups is 1. The summed E-state index contributed by atoms with van der Waals surface area (Å²) in [5.74, 6) is 1.03. The molecule has 1 saturated heterocycles. The SMILES string of the molecule is CCCNc1ncnc(SC2CCOCC2)c1CCC. The molecule has 4 nitrogen and oxygen atoms in total. The summed E-state index contributed by atoms with van der Waals surface area (Å²) in [4.78, 5) is 8.96. The molecule has 0 atom stereocenters. The molecule has 1 fully saturated rings. The number of aromatic nitrogens is 2. The lowest BCUT2D eigenvalue weighted by Gasteiger charge is -2.22. The van der Waals surface area contributed by atoms with E-state index < -0.39 is 0 Å². The van der Waals surface area contributed by atoms with E-state index in [4.69, 9.17) is 4.74 Å². The molecular formula is C15H25N3OS. The van der Waals surface area contributed by atoms with Crippen LogP contribution in [0.4, 0.5) is 5.82 Å². The van der Waals surface area contributed by atoms with Crippen LogP contribution in [0.5, 0.6) is 0 Å². The minimum Gasteiger partial charge on any atom is -0.381 e. The quantitative estimate of drug-likeness (QED) is 0.780. The minimum absolute atomic E-state index is 0.633. The molecule has 0 bridgehead atoms. The maximum atomic E-state index is 5.43. The fourth-order valence-electron chi connectivity index (χ4n) is 2.32. The van der Waals surface area contributed by atoms with Crippen LogP contribution in [0.3, 0.4) is 0 Å². The van der Waals surface area contributed by atoms with Crippen molar-refractivity contribution in [3.05, 3.63) is 11.9 Å². The summed E-state index contributed by atoms with van der Waals surface area (Å²) in [6, 6.07) is 0. The molecule has 1 aliphatic heterocycles. The highest BCUT2D eigenvalue weighted by Crippen LogP contribution is 2.33. The number of rotatable bonds is 7. The Morgan fingerprint density at radius 1 is 1.25 bits per heavy atom. The van der Waals surface area contributed by atoms with Gasteiger partial charge in [-0.25, -0.2) is 9.97 Å². The first-order valence-corrected chi connectivity index (χ1v) is 8.55. The summed E-state index contributed by atoms with van der Waals surface area (Å²) >= 11 is 1.91. The first kappa shape index (κ1) is 15.6. The van der Waals surface area contributed by atoms with Gasteiger partial charge in [-0.05, 0) is 25.7 Å². The van der Waals surface area contributed by atoms with Gasteiger partial charge in [0, 0.05) is 30.6 Å². The van der Waals surface area contributed by atoms with Crippen molar-refractivity contribution >= 4 is 17.6 Å². The molecular weight excluding hydrogens is 270 g/mol. The average Bonchev–Trinajstić information content (AvgIpc) is 2.49. The maximum absolute atomic E-state index is 5.43. The fraction of sp³-hybridized carbons (Fsp3) is 0.733. The molecule has 1 aromatic rings. The molecule has 0 radical (unpaired) electrons. The van der Waals surface area contributed by atoms with Crippen LogP contribution in [0.25, 0.3) is 0 Å². The van der Waals surface area contributed by atoms with Crippen molar-refractivity contribution in [2.45, 2.75) is 56.2 Å². The molecule has 112 valence electrons. The Hall–Kier alpha value is -0.810. The van der Waals surface area contributed by atoms with Crippen LogP contribution in [0.1, 0.15) is 45.1 Å². The smallest absolute Gasteiger partial charge is 0.133 e. The van der Waals surface area contributed by atoms with Gasteiger partial charge in [-0.15, -0.1) is 11.8 Å². The zero-order valence-corrected chi connectivity index (χ0v) is 13.3. The number of hydrogen-bond acceptors (Lipinski definition) is 5. The van der Waals surface area contributed by atoms with Crippen LogP contribution in [0, 0.1) is 0 Å². The molecule has 0 aliphatic carbocycles. The average molecular weight is 295 g/mol. The lowest BCUT2D eigenvalue weighted by atomic mass is 10.2. The standard InChI is InChI=1S/C15H25N3OS/c1-3-5-13-14(16-8-4-2)17-11-18-15(13)20-12-6-9-19-10-7-12/h11-12H,3-10H2,1-2H3,(H,16,17,18). The van der Waals surface area contributed by atoms with E-state index in [0.717, 1.165) is 62.7 Å². The Kier molecular flexibility index (Phi) is 6.60. The van der Waals surface area contributed by atoms with Crippen molar-refractivity contribution in [1.29, 1.82) is 0 Å². The third-order valence-electron chi connectivity index (χ3n) is 3.39. The highest BCUT2D eigenvalue weighted by Gasteiger charge is 2.19. The normalized spacial score (nSPS) is 16.3. The van der Waals surface area contributed by atoms with Gasteiger partial charge in [0.15, 0.2) is 0 Å². The number of nitrogens with one attached hydrogen (secondary N) is 1. The molecule has 1 aliphatic rings. The molecule has 5 heteroatoms. The molecule has 2 rings (SSSR count). The molecule has 0 saturated carbocycles. The monoisotopic (exact) mass is 295 g/mol. The van der Waals surface area contributed by atoms with E-state index in [-0.39, 0.29) is 0 Å². The first-order chi connectivity index (χ1) is 9.85. The summed E-state index contributed by atoms with van der Waals surface area (Å²) in [5, 5.41) is 5.23. The highest BCUT2D eigenvalue weighted by molar-refractivity contribution is 7.99. The van der Waals surface area contributed by atoms with Gasteiger partial charge in [0.25, 0.3) is 0 Å². The summed E-state index contributed by atoms with van der Waals surface area (Å²) < 4.78 is 5.43. The van der Waals surface area contributed by atoms with Gasteiger partial charge in [-0.1, -0.05) is 20.3 Å². The van der Waals surface area contributed by atoms with Crippen molar-refractivity contribution < 1.29 is 4.74 Å². The fourth-order valence-corrected chi connectivity index (χ4v) is 3.51. The molecule has 20 heavy (non-hydrogen) atoms. The third-order valence-corrected chi connectivity index (χ3v) is 4.77. The van der Waals surface area contributed by atoms with Gasteiger partial charge in [-0.2, -0.15) is 0 Å². The molecule has 0 amide bonds. The molecule has 2 heterocycles. The zero-order chi connectivity index (χ0) is 14.2. The molecule has 0 spiro atoms. The summed E-state index contributed by atoms with van der Waals surface area (Å²) in [6.45, 7) is 7.11. The van der Waals surface area contributed by atoms with Crippen LogP contribution in [-0.2, 0) is 11.2 Å². The van der Waals surface area contributed by atoms with Crippen LogP contribution in [0.2, 0.25) is 0 Å². The second kappa shape index (κ2) is 8.47. The Balaban J connectivity index is 2.12. The molecule has 0 unspecified atom stereocenters. The lowest BCUT2D eigenvalue weighted by molar-refractivity contribution is 0.1000. The van der Waals surface area contributed by atoms with E-state index in [1.165, 1.54) is 5.56 Å². The van der Waals surface area contributed by atoms with Crippen LogP contribution in [0.15, 0.2) is 11.4 Å². The van der Waals surface area contributed by atoms with Crippen molar-refractivity contribution in [3.63, 3.8) is 0 Å². The minimum atomic E-state index is 0.633.